The Morgan fingerprint density at radius 1 is 1.10 bits per heavy atom. The average Bonchev–Trinajstić information content (AvgIpc) is 2.75. The third-order valence-electron chi connectivity index (χ3n) is 4.75. The van der Waals surface area contributed by atoms with Crippen LogP contribution in [0.4, 0.5) is 5.69 Å². The standard InChI is InChI=1S/C17H23NO2/c19-17(20)14-9-10-16-13(12-14)6-5-11-18(16)15-7-3-1-2-4-8-15/h9-10,12,15H,1-8,11H2,(H,19,20). The Bertz CT molecular complexity index is 490. The van der Waals surface area contributed by atoms with E-state index in [1.165, 1.54) is 49.8 Å². The smallest absolute Gasteiger partial charge is 0.335 e. The van der Waals surface area contributed by atoms with E-state index in [1.54, 1.807) is 6.07 Å². The molecule has 3 rings (SSSR count). The summed E-state index contributed by atoms with van der Waals surface area (Å²) < 4.78 is 0. The summed E-state index contributed by atoms with van der Waals surface area (Å²) in [6, 6.07) is 6.33. The van der Waals surface area contributed by atoms with Crippen LogP contribution in [0.2, 0.25) is 0 Å². The Balaban J connectivity index is 1.87. The topological polar surface area (TPSA) is 40.5 Å². The predicted molar refractivity (Wildman–Crippen MR) is 80.6 cm³/mol. The van der Waals surface area contributed by atoms with Crippen molar-refractivity contribution in [3.8, 4) is 0 Å². The van der Waals surface area contributed by atoms with Crippen LogP contribution in [0, 0.1) is 0 Å². The fourth-order valence-corrected chi connectivity index (χ4v) is 3.71. The van der Waals surface area contributed by atoms with E-state index in [1.807, 2.05) is 12.1 Å². The lowest BCUT2D eigenvalue weighted by Crippen LogP contribution is -2.38. The second-order valence-electron chi connectivity index (χ2n) is 6.09. The Hall–Kier alpha value is -1.51. The van der Waals surface area contributed by atoms with Gasteiger partial charge >= 0.3 is 5.97 Å². The number of fused-ring (bicyclic) bond motifs is 1. The Kier molecular flexibility index (Phi) is 3.95. The highest BCUT2D eigenvalue weighted by Crippen LogP contribution is 2.33. The van der Waals surface area contributed by atoms with Gasteiger partial charge in [-0.25, -0.2) is 4.79 Å². The van der Waals surface area contributed by atoms with Gasteiger partial charge in [-0.05, 0) is 49.4 Å². The van der Waals surface area contributed by atoms with Gasteiger partial charge in [0.2, 0.25) is 0 Å². The maximum absolute atomic E-state index is 11.1. The number of hydrogen-bond donors (Lipinski definition) is 1. The second-order valence-corrected chi connectivity index (χ2v) is 6.09. The number of carboxylic acids is 1. The number of benzene rings is 1. The molecule has 3 heteroatoms. The maximum atomic E-state index is 11.1. The van der Waals surface area contributed by atoms with Gasteiger partial charge in [-0.15, -0.1) is 0 Å². The number of carbonyl (C=O) groups is 1. The first-order valence-corrected chi connectivity index (χ1v) is 7.88. The summed E-state index contributed by atoms with van der Waals surface area (Å²) in [4.78, 5) is 13.7. The van der Waals surface area contributed by atoms with Gasteiger partial charge in [0.15, 0.2) is 0 Å². The second kappa shape index (κ2) is 5.86. The van der Waals surface area contributed by atoms with Crippen molar-refractivity contribution < 1.29 is 9.90 Å². The molecular weight excluding hydrogens is 250 g/mol. The first kappa shape index (κ1) is 13.5. The van der Waals surface area contributed by atoms with Gasteiger partial charge < -0.3 is 10.0 Å². The number of anilines is 1. The normalized spacial score (nSPS) is 20.3. The number of hydrogen-bond acceptors (Lipinski definition) is 2. The van der Waals surface area contributed by atoms with Crippen molar-refractivity contribution >= 4 is 11.7 Å². The van der Waals surface area contributed by atoms with Gasteiger partial charge in [-0.2, -0.15) is 0 Å². The zero-order chi connectivity index (χ0) is 13.9. The summed E-state index contributed by atoms with van der Waals surface area (Å²) in [5, 5.41) is 9.12. The quantitative estimate of drug-likeness (QED) is 0.832. The SMILES string of the molecule is O=C(O)c1ccc2c(c1)CCCN2C1CCCCCC1. The molecule has 0 unspecified atom stereocenters. The Morgan fingerprint density at radius 2 is 1.85 bits per heavy atom. The molecule has 1 aromatic carbocycles. The third kappa shape index (κ3) is 2.67. The lowest BCUT2D eigenvalue weighted by Gasteiger charge is -2.38. The molecule has 0 atom stereocenters. The van der Waals surface area contributed by atoms with E-state index in [9.17, 15) is 4.79 Å². The Labute approximate surface area is 120 Å². The van der Waals surface area contributed by atoms with Gasteiger partial charge in [0.05, 0.1) is 5.56 Å². The van der Waals surface area contributed by atoms with Crippen molar-refractivity contribution in [1.82, 2.24) is 0 Å². The molecule has 0 spiro atoms. The number of aromatic carboxylic acids is 1. The van der Waals surface area contributed by atoms with Crippen molar-refractivity contribution in [1.29, 1.82) is 0 Å². The third-order valence-corrected chi connectivity index (χ3v) is 4.75. The largest absolute Gasteiger partial charge is 0.478 e. The summed E-state index contributed by atoms with van der Waals surface area (Å²) in [5.41, 5.74) is 2.93. The molecule has 1 aliphatic heterocycles. The summed E-state index contributed by atoms with van der Waals surface area (Å²) in [5.74, 6) is -0.820. The van der Waals surface area contributed by atoms with Crippen LogP contribution in [0.5, 0.6) is 0 Å². The summed E-state index contributed by atoms with van der Waals surface area (Å²) in [6.07, 6.45) is 10.2. The number of nitrogens with zero attached hydrogens (tertiary/aromatic N) is 1. The van der Waals surface area contributed by atoms with E-state index in [-0.39, 0.29) is 0 Å². The first-order valence-electron chi connectivity index (χ1n) is 7.88. The number of carboxylic acid groups (broad SMARTS) is 1. The molecule has 1 aromatic rings. The van der Waals surface area contributed by atoms with Gasteiger partial charge in [0.1, 0.15) is 0 Å². The molecule has 3 nitrogen and oxygen atoms in total. The van der Waals surface area contributed by atoms with E-state index in [2.05, 4.69) is 4.90 Å². The van der Waals surface area contributed by atoms with Crippen molar-refractivity contribution in [2.75, 3.05) is 11.4 Å². The number of aryl methyl sites for hydroxylation is 1. The summed E-state index contributed by atoms with van der Waals surface area (Å²) in [6.45, 7) is 1.13. The average molecular weight is 273 g/mol. The van der Waals surface area contributed by atoms with Crippen LogP contribution in [0.1, 0.15) is 60.9 Å². The molecule has 0 amide bonds. The van der Waals surface area contributed by atoms with Crippen LogP contribution in [0.3, 0.4) is 0 Å². The summed E-state index contributed by atoms with van der Waals surface area (Å²) >= 11 is 0. The molecule has 108 valence electrons. The van der Waals surface area contributed by atoms with E-state index in [0.29, 0.717) is 11.6 Å². The lowest BCUT2D eigenvalue weighted by atomic mass is 9.96. The van der Waals surface area contributed by atoms with Crippen molar-refractivity contribution in [3.05, 3.63) is 29.3 Å². The van der Waals surface area contributed by atoms with Gasteiger partial charge in [0, 0.05) is 18.3 Å². The molecule has 0 radical (unpaired) electrons. The van der Waals surface area contributed by atoms with Gasteiger partial charge in [-0.3, -0.25) is 0 Å². The van der Waals surface area contributed by atoms with Crippen LogP contribution in [-0.2, 0) is 6.42 Å². The number of rotatable bonds is 2. The zero-order valence-corrected chi connectivity index (χ0v) is 12.0. The molecule has 2 aliphatic rings. The molecule has 1 aliphatic carbocycles. The minimum atomic E-state index is -0.820. The van der Waals surface area contributed by atoms with Crippen LogP contribution >= 0.6 is 0 Å². The molecule has 1 heterocycles. The van der Waals surface area contributed by atoms with Crippen LogP contribution in [-0.4, -0.2) is 23.7 Å². The van der Waals surface area contributed by atoms with E-state index >= 15 is 0 Å². The molecular formula is C17H23NO2. The molecule has 1 N–H and O–H groups in total. The molecule has 0 bridgehead atoms. The summed E-state index contributed by atoms with van der Waals surface area (Å²) in [7, 11) is 0. The monoisotopic (exact) mass is 273 g/mol. The molecule has 1 fully saturated rings. The fraction of sp³-hybridized carbons (Fsp3) is 0.588. The van der Waals surface area contributed by atoms with E-state index in [4.69, 9.17) is 5.11 Å². The Morgan fingerprint density at radius 3 is 2.55 bits per heavy atom. The van der Waals surface area contributed by atoms with E-state index < -0.39 is 5.97 Å². The zero-order valence-electron chi connectivity index (χ0n) is 12.0. The molecule has 20 heavy (non-hydrogen) atoms. The van der Waals surface area contributed by atoms with Crippen molar-refractivity contribution in [2.45, 2.75) is 57.4 Å². The van der Waals surface area contributed by atoms with Crippen LogP contribution < -0.4 is 4.90 Å². The highest BCUT2D eigenvalue weighted by molar-refractivity contribution is 5.88. The van der Waals surface area contributed by atoms with E-state index in [0.717, 1.165) is 19.4 Å². The fourth-order valence-electron chi connectivity index (χ4n) is 3.71. The minimum absolute atomic E-state index is 0.423. The van der Waals surface area contributed by atoms with Crippen molar-refractivity contribution in [2.24, 2.45) is 0 Å². The first-order chi connectivity index (χ1) is 9.75. The van der Waals surface area contributed by atoms with Crippen LogP contribution in [0.15, 0.2) is 18.2 Å². The molecule has 0 aromatic heterocycles. The predicted octanol–water partition coefficient (Wildman–Crippen LogP) is 3.86. The molecule has 0 saturated heterocycles. The highest BCUT2D eigenvalue weighted by atomic mass is 16.4. The highest BCUT2D eigenvalue weighted by Gasteiger charge is 2.25. The van der Waals surface area contributed by atoms with Crippen LogP contribution in [0.25, 0.3) is 0 Å². The van der Waals surface area contributed by atoms with Gasteiger partial charge in [-0.1, -0.05) is 25.7 Å². The van der Waals surface area contributed by atoms with Gasteiger partial charge in [0.25, 0.3) is 0 Å². The molecule has 1 saturated carbocycles. The minimum Gasteiger partial charge on any atom is -0.478 e. The lowest BCUT2D eigenvalue weighted by molar-refractivity contribution is 0.0697. The maximum Gasteiger partial charge on any atom is 0.335 e. The van der Waals surface area contributed by atoms with Crippen molar-refractivity contribution in [3.63, 3.8) is 0 Å².